The molecule has 1 aromatic heterocycles. The van der Waals surface area contributed by atoms with Crippen LogP contribution in [0.1, 0.15) is 0 Å². The number of aromatic nitrogens is 2. The Morgan fingerprint density at radius 1 is 1.08 bits per heavy atom. The van der Waals surface area contributed by atoms with Gasteiger partial charge >= 0.3 is 0 Å². The van der Waals surface area contributed by atoms with Crippen LogP contribution in [0, 0.1) is 0 Å². The summed E-state index contributed by atoms with van der Waals surface area (Å²) in [5.74, 6) is -0.0151. The van der Waals surface area contributed by atoms with Gasteiger partial charge in [-0.2, -0.15) is 8.75 Å². The molecular weight excluding hydrogens is 370 g/mol. The Morgan fingerprint density at radius 2 is 1.85 bits per heavy atom. The molecule has 1 fully saturated rings. The fourth-order valence-electron chi connectivity index (χ4n) is 3.12. The Bertz CT molecular complexity index is 923. The molecule has 6 nitrogen and oxygen atoms in total. The molecule has 1 amide bonds. The summed E-state index contributed by atoms with van der Waals surface area (Å²) in [7, 11) is 0. The molecule has 2 heterocycles. The lowest BCUT2D eigenvalue weighted by atomic mass is 10.2. The number of hydrogen-bond donors (Lipinski definition) is 1. The van der Waals surface area contributed by atoms with E-state index in [9.17, 15) is 4.79 Å². The van der Waals surface area contributed by atoms with E-state index < -0.39 is 0 Å². The number of nitrogens with zero attached hydrogens (tertiary/aromatic N) is 4. The highest BCUT2D eigenvalue weighted by molar-refractivity contribution is 7.00. The van der Waals surface area contributed by atoms with Gasteiger partial charge in [0.15, 0.2) is 0 Å². The van der Waals surface area contributed by atoms with Crippen LogP contribution < -0.4 is 10.2 Å². The van der Waals surface area contributed by atoms with Crippen LogP contribution in [0.2, 0.25) is 5.02 Å². The number of carbonyl (C=O) groups excluding carboxylic acids is 1. The summed E-state index contributed by atoms with van der Waals surface area (Å²) in [6.07, 6.45) is 0. The second-order valence-corrected chi connectivity index (χ2v) is 7.17. The van der Waals surface area contributed by atoms with E-state index >= 15 is 0 Å². The third kappa shape index (κ3) is 3.80. The number of para-hydroxylation sites is 1. The van der Waals surface area contributed by atoms with Gasteiger partial charge in [-0.05, 0) is 30.3 Å². The van der Waals surface area contributed by atoms with Crippen molar-refractivity contribution in [3.8, 4) is 0 Å². The van der Waals surface area contributed by atoms with Crippen molar-refractivity contribution in [2.45, 2.75) is 0 Å². The minimum Gasteiger partial charge on any atom is -0.368 e. The van der Waals surface area contributed by atoms with E-state index in [4.69, 9.17) is 11.6 Å². The highest BCUT2D eigenvalue weighted by Gasteiger charge is 2.20. The van der Waals surface area contributed by atoms with Crippen LogP contribution in [0.25, 0.3) is 11.0 Å². The first-order valence-electron chi connectivity index (χ1n) is 8.43. The Morgan fingerprint density at radius 3 is 2.65 bits per heavy atom. The van der Waals surface area contributed by atoms with Crippen LogP contribution in [0.3, 0.4) is 0 Å². The van der Waals surface area contributed by atoms with Crippen molar-refractivity contribution in [1.82, 2.24) is 13.6 Å². The fourth-order valence-corrected chi connectivity index (χ4v) is 3.89. The third-order valence-corrected chi connectivity index (χ3v) is 5.35. The smallest absolute Gasteiger partial charge is 0.238 e. The van der Waals surface area contributed by atoms with Crippen molar-refractivity contribution in [2.75, 3.05) is 42.9 Å². The van der Waals surface area contributed by atoms with Gasteiger partial charge in [0.05, 0.1) is 29.0 Å². The van der Waals surface area contributed by atoms with E-state index in [1.54, 1.807) is 0 Å². The molecule has 1 N–H and O–H groups in total. The van der Waals surface area contributed by atoms with E-state index in [-0.39, 0.29) is 5.91 Å². The van der Waals surface area contributed by atoms with Crippen molar-refractivity contribution < 1.29 is 4.79 Å². The van der Waals surface area contributed by atoms with E-state index in [0.29, 0.717) is 6.54 Å². The van der Waals surface area contributed by atoms with Crippen LogP contribution in [-0.2, 0) is 4.79 Å². The van der Waals surface area contributed by atoms with E-state index in [2.05, 4.69) is 23.9 Å². The van der Waals surface area contributed by atoms with Gasteiger partial charge in [-0.3, -0.25) is 9.69 Å². The first-order chi connectivity index (χ1) is 12.7. The largest absolute Gasteiger partial charge is 0.368 e. The topological polar surface area (TPSA) is 61.4 Å². The van der Waals surface area contributed by atoms with Crippen molar-refractivity contribution in [3.63, 3.8) is 0 Å². The molecule has 0 unspecified atom stereocenters. The zero-order chi connectivity index (χ0) is 17.9. The number of fused-ring (bicyclic) bond motifs is 1. The lowest BCUT2D eigenvalue weighted by molar-refractivity contribution is -0.117. The van der Waals surface area contributed by atoms with Gasteiger partial charge in [0.25, 0.3) is 0 Å². The Labute approximate surface area is 160 Å². The molecule has 2 aromatic carbocycles. The van der Waals surface area contributed by atoms with Crippen LogP contribution in [0.5, 0.6) is 0 Å². The van der Waals surface area contributed by atoms with E-state index in [0.717, 1.165) is 53.6 Å². The molecule has 0 bridgehead atoms. The van der Waals surface area contributed by atoms with Gasteiger partial charge in [0, 0.05) is 31.9 Å². The monoisotopic (exact) mass is 387 g/mol. The van der Waals surface area contributed by atoms with Crippen molar-refractivity contribution in [1.29, 1.82) is 0 Å². The molecule has 0 aliphatic carbocycles. The number of piperazine rings is 1. The number of halogens is 1. The third-order valence-electron chi connectivity index (χ3n) is 4.47. The van der Waals surface area contributed by atoms with Crippen molar-refractivity contribution >= 4 is 51.6 Å². The summed E-state index contributed by atoms with van der Waals surface area (Å²) >= 11 is 7.45. The maximum absolute atomic E-state index is 12.3. The number of anilines is 2. The van der Waals surface area contributed by atoms with Crippen LogP contribution in [-0.4, -0.2) is 52.3 Å². The van der Waals surface area contributed by atoms with E-state index in [1.807, 2.05) is 42.5 Å². The summed E-state index contributed by atoms with van der Waals surface area (Å²) in [5.41, 5.74) is 3.47. The first-order valence-corrected chi connectivity index (χ1v) is 9.54. The Hall–Kier alpha value is -2.22. The maximum atomic E-state index is 12.3. The number of amides is 1. The SMILES string of the molecule is O=C(CN1CCN(c2ccccc2Cl)CC1)Nc1ccc2nsnc2c1. The predicted octanol–water partition coefficient (Wildman–Crippen LogP) is 3.11. The molecule has 0 saturated carbocycles. The van der Waals surface area contributed by atoms with Crippen LogP contribution in [0.4, 0.5) is 11.4 Å². The second kappa shape index (κ2) is 7.57. The highest BCUT2D eigenvalue weighted by Crippen LogP contribution is 2.26. The van der Waals surface area contributed by atoms with Gasteiger partial charge in [0.2, 0.25) is 5.91 Å². The fraction of sp³-hybridized carbons (Fsp3) is 0.278. The number of carbonyl (C=O) groups is 1. The van der Waals surface area contributed by atoms with Crippen molar-refractivity contribution in [2.24, 2.45) is 0 Å². The molecule has 134 valence electrons. The predicted molar refractivity (Wildman–Crippen MR) is 106 cm³/mol. The normalized spacial score (nSPS) is 15.3. The van der Waals surface area contributed by atoms with Crippen LogP contribution >= 0.6 is 23.3 Å². The van der Waals surface area contributed by atoms with Crippen LogP contribution in [0.15, 0.2) is 42.5 Å². The van der Waals surface area contributed by atoms with E-state index in [1.165, 1.54) is 11.7 Å². The minimum absolute atomic E-state index is 0.0151. The molecule has 1 saturated heterocycles. The summed E-state index contributed by atoms with van der Waals surface area (Å²) < 4.78 is 8.37. The van der Waals surface area contributed by atoms with Gasteiger partial charge < -0.3 is 10.2 Å². The number of benzene rings is 2. The van der Waals surface area contributed by atoms with Gasteiger partial charge in [-0.25, -0.2) is 0 Å². The molecule has 3 aromatic rings. The summed E-state index contributed by atoms with van der Waals surface area (Å²) in [6.45, 7) is 3.74. The second-order valence-electron chi connectivity index (χ2n) is 6.23. The van der Waals surface area contributed by atoms with Crippen molar-refractivity contribution in [3.05, 3.63) is 47.5 Å². The number of rotatable bonds is 4. The molecule has 1 aliphatic heterocycles. The van der Waals surface area contributed by atoms with Gasteiger partial charge in [-0.15, -0.1) is 0 Å². The quantitative estimate of drug-likeness (QED) is 0.745. The first kappa shape index (κ1) is 17.2. The van der Waals surface area contributed by atoms with Gasteiger partial charge in [-0.1, -0.05) is 23.7 Å². The maximum Gasteiger partial charge on any atom is 0.238 e. The number of nitrogens with one attached hydrogen (secondary N) is 1. The molecule has 26 heavy (non-hydrogen) atoms. The van der Waals surface area contributed by atoms with Gasteiger partial charge in [0.1, 0.15) is 11.0 Å². The summed E-state index contributed by atoms with van der Waals surface area (Å²) in [5, 5.41) is 3.71. The molecule has 1 aliphatic rings. The molecule has 8 heteroatoms. The molecule has 0 spiro atoms. The lowest BCUT2D eigenvalue weighted by Crippen LogP contribution is -2.48. The molecular formula is C18H18ClN5OS. The Kier molecular flexibility index (Phi) is 5.01. The summed E-state index contributed by atoms with van der Waals surface area (Å²) in [6, 6.07) is 13.5. The summed E-state index contributed by atoms with van der Waals surface area (Å²) in [4.78, 5) is 16.8. The average molecular weight is 388 g/mol. The molecule has 0 atom stereocenters. The Balaban J connectivity index is 1.31. The zero-order valence-electron chi connectivity index (χ0n) is 14.1. The zero-order valence-corrected chi connectivity index (χ0v) is 15.6. The standard InChI is InChI=1S/C18H18ClN5OS/c19-14-3-1-2-4-17(14)24-9-7-23(8-10-24)12-18(25)20-13-5-6-15-16(11-13)22-26-21-15/h1-6,11H,7-10,12H2,(H,20,25). The molecule has 4 rings (SSSR count). The average Bonchev–Trinajstić information content (AvgIpc) is 3.11. The minimum atomic E-state index is -0.0151. The number of hydrogen-bond acceptors (Lipinski definition) is 6. The lowest BCUT2D eigenvalue weighted by Gasteiger charge is -2.36. The molecule has 0 radical (unpaired) electrons. The highest BCUT2D eigenvalue weighted by atomic mass is 35.5.